The predicted molar refractivity (Wildman–Crippen MR) is 97.2 cm³/mol. The maximum Gasteiger partial charge on any atom is 0.408 e. The van der Waals surface area contributed by atoms with E-state index in [1.807, 2.05) is 44.2 Å². The number of amides is 2. The molecule has 0 unspecified atom stereocenters. The summed E-state index contributed by atoms with van der Waals surface area (Å²) in [5.41, 5.74) is 0.381. The van der Waals surface area contributed by atoms with Gasteiger partial charge in [-0.25, -0.2) is 4.79 Å². The number of aliphatic hydroxyl groups excluding tert-OH is 1. The maximum atomic E-state index is 12.6. The molecule has 0 heterocycles. The third-order valence-corrected chi connectivity index (χ3v) is 3.51. The Kier molecular flexibility index (Phi) is 7.90. The lowest BCUT2D eigenvalue weighted by Crippen LogP contribution is -2.54. The van der Waals surface area contributed by atoms with Gasteiger partial charge in [-0.05, 0) is 38.7 Å². The van der Waals surface area contributed by atoms with Gasteiger partial charge in [-0.1, -0.05) is 44.2 Å². The third kappa shape index (κ3) is 8.03. The lowest BCUT2D eigenvalue weighted by atomic mass is 10.0. The van der Waals surface area contributed by atoms with Gasteiger partial charge in [-0.2, -0.15) is 0 Å². The van der Waals surface area contributed by atoms with Crippen LogP contribution in [0, 0.1) is 5.92 Å². The number of nitrogens with one attached hydrogen (secondary N) is 2. The minimum absolute atomic E-state index is 0.122. The van der Waals surface area contributed by atoms with Crippen LogP contribution in [0.3, 0.4) is 0 Å². The van der Waals surface area contributed by atoms with Gasteiger partial charge in [-0.3, -0.25) is 4.79 Å². The van der Waals surface area contributed by atoms with Crippen molar-refractivity contribution in [2.45, 2.75) is 58.7 Å². The van der Waals surface area contributed by atoms with Crippen molar-refractivity contribution in [3.8, 4) is 0 Å². The van der Waals surface area contributed by atoms with Gasteiger partial charge in [0.1, 0.15) is 11.6 Å². The Morgan fingerprint density at radius 2 is 1.72 bits per heavy atom. The van der Waals surface area contributed by atoms with E-state index in [9.17, 15) is 14.7 Å². The number of carbonyl (C=O) groups excluding carboxylic acids is 2. The summed E-state index contributed by atoms with van der Waals surface area (Å²) in [6.45, 7) is 8.79. The molecule has 0 saturated heterocycles. The van der Waals surface area contributed by atoms with Gasteiger partial charge in [0.15, 0.2) is 0 Å². The third-order valence-electron chi connectivity index (χ3n) is 3.51. The average molecular weight is 350 g/mol. The zero-order valence-electron chi connectivity index (χ0n) is 15.7. The van der Waals surface area contributed by atoms with Crippen LogP contribution >= 0.6 is 0 Å². The van der Waals surface area contributed by atoms with Gasteiger partial charge >= 0.3 is 6.09 Å². The molecule has 0 bridgehead atoms. The Hall–Kier alpha value is -2.08. The first kappa shape index (κ1) is 21.0. The van der Waals surface area contributed by atoms with Crippen molar-refractivity contribution in [1.82, 2.24) is 10.6 Å². The monoisotopic (exact) mass is 350 g/mol. The van der Waals surface area contributed by atoms with Crippen LogP contribution in [-0.2, 0) is 16.0 Å². The number of hydrogen-bond donors (Lipinski definition) is 3. The molecule has 0 aliphatic carbocycles. The smallest absolute Gasteiger partial charge is 0.408 e. The van der Waals surface area contributed by atoms with E-state index >= 15 is 0 Å². The second-order valence-electron chi connectivity index (χ2n) is 7.45. The Labute approximate surface area is 150 Å². The van der Waals surface area contributed by atoms with Crippen molar-refractivity contribution in [3.63, 3.8) is 0 Å². The molecule has 0 fully saturated rings. The van der Waals surface area contributed by atoms with E-state index < -0.39 is 23.8 Å². The Bertz CT molecular complexity index is 552. The molecule has 0 aliphatic rings. The molecule has 2 amide bonds. The molecule has 1 aromatic carbocycles. The maximum absolute atomic E-state index is 12.6. The molecule has 6 nitrogen and oxygen atoms in total. The van der Waals surface area contributed by atoms with Crippen molar-refractivity contribution in [2.24, 2.45) is 5.92 Å². The highest BCUT2D eigenvalue weighted by Gasteiger charge is 2.28. The fourth-order valence-electron chi connectivity index (χ4n) is 2.32. The van der Waals surface area contributed by atoms with Gasteiger partial charge in [0.05, 0.1) is 12.6 Å². The number of alkyl carbamates (subject to hydrolysis) is 1. The quantitative estimate of drug-likeness (QED) is 0.704. The number of hydrogen-bond acceptors (Lipinski definition) is 4. The highest BCUT2D eigenvalue weighted by molar-refractivity contribution is 5.86. The summed E-state index contributed by atoms with van der Waals surface area (Å²) in [7, 11) is 0. The first-order valence-electron chi connectivity index (χ1n) is 8.57. The molecule has 2 atom stereocenters. The summed E-state index contributed by atoms with van der Waals surface area (Å²) in [4.78, 5) is 24.5. The Balaban J connectivity index is 2.69. The molecule has 0 spiro atoms. The lowest BCUT2D eigenvalue weighted by Gasteiger charge is -2.26. The summed E-state index contributed by atoms with van der Waals surface area (Å²) in [6, 6.07) is 8.45. The fraction of sp³-hybridized carbons (Fsp3) is 0.579. The molecule has 1 aromatic rings. The molecule has 25 heavy (non-hydrogen) atoms. The van der Waals surface area contributed by atoms with Gasteiger partial charge < -0.3 is 20.5 Å². The zero-order chi connectivity index (χ0) is 19.0. The van der Waals surface area contributed by atoms with Crippen molar-refractivity contribution >= 4 is 12.0 Å². The highest BCUT2D eigenvalue weighted by atomic mass is 16.6. The standard InChI is InChI=1S/C19H30N2O4/c1-13(2)16(21-18(24)25-19(3,4)5)17(23)20-15(12-22)11-14-9-7-6-8-10-14/h6-10,13,15-16,22H,11-12H2,1-5H3,(H,20,23)(H,21,24)/t15-,16+/m0/s1. The van der Waals surface area contributed by atoms with Gasteiger partial charge in [0, 0.05) is 0 Å². The molecule has 1 rings (SSSR count). The molecule has 0 saturated carbocycles. The molecular formula is C19H30N2O4. The van der Waals surface area contributed by atoms with Crippen LogP contribution < -0.4 is 10.6 Å². The normalized spacial score (nSPS) is 13.9. The van der Waals surface area contributed by atoms with Crippen molar-refractivity contribution in [3.05, 3.63) is 35.9 Å². The minimum atomic E-state index is -0.736. The van der Waals surface area contributed by atoms with E-state index in [4.69, 9.17) is 4.74 Å². The topological polar surface area (TPSA) is 87.7 Å². The number of rotatable bonds is 7. The summed E-state index contributed by atoms with van der Waals surface area (Å²) in [5, 5.41) is 15.0. The number of ether oxygens (including phenoxy) is 1. The molecular weight excluding hydrogens is 320 g/mol. The van der Waals surface area contributed by atoms with E-state index in [1.165, 1.54) is 0 Å². The van der Waals surface area contributed by atoms with Crippen molar-refractivity contribution in [2.75, 3.05) is 6.61 Å². The summed E-state index contributed by atoms with van der Waals surface area (Å²) >= 11 is 0. The number of benzene rings is 1. The molecule has 140 valence electrons. The molecule has 0 radical (unpaired) electrons. The van der Waals surface area contributed by atoms with E-state index in [0.29, 0.717) is 6.42 Å². The molecule has 0 aromatic heterocycles. The summed E-state index contributed by atoms with van der Waals surface area (Å²) < 4.78 is 5.22. The average Bonchev–Trinajstić information content (AvgIpc) is 2.50. The van der Waals surface area contributed by atoms with Gasteiger partial charge in [0.25, 0.3) is 0 Å². The van der Waals surface area contributed by atoms with Crippen LogP contribution in [0.1, 0.15) is 40.2 Å². The molecule has 3 N–H and O–H groups in total. The van der Waals surface area contributed by atoms with Crippen LogP contribution in [-0.4, -0.2) is 41.4 Å². The Morgan fingerprint density at radius 1 is 1.12 bits per heavy atom. The molecule has 6 heteroatoms. The van der Waals surface area contributed by atoms with E-state index in [2.05, 4.69) is 10.6 Å². The second-order valence-corrected chi connectivity index (χ2v) is 7.45. The van der Waals surface area contributed by atoms with E-state index in [1.54, 1.807) is 20.8 Å². The summed E-state index contributed by atoms with van der Waals surface area (Å²) in [6.07, 6.45) is -0.120. The van der Waals surface area contributed by atoms with Gasteiger partial charge in [0.2, 0.25) is 5.91 Å². The highest BCUT2D eigenvalue weighted by Crippen LogP contribution is 2.10. The fourth-order valence-corrected chi connectivity index (χ4v) is 2.32. The van der Waals surface area contributed by atoms with Crippen molar-refractivity contribution in [1.29, 1.82) is 0 Å². The first-order chi connectivity index (χ1) is 11.6. The molecule has 0 aliphatic heterocycles. The van der Waals surface area contributed by atoms with Crippen LogP contribution in [0.2, 0.25) is 0 Å². The van der Waals surface area contributed by atoms with E-state index in [-0.39, 0.29) is 18.4 Å². The van der Waals surface area contributed by atoms with Gasteiger partial charge in [-0.15, -0.1) is 0 Å². The zero-order valence-corrected chi connectivity index (χ0v) is 15.7. The SMILES string of the molecule is CC(C)[C@@H](NC(=O)OC(C)(C)C)C(=O)N[C@H](CO)Cc1ccccc1. The first-order valence-corrected chi connectivity index (χ1v) is 8.57. The van der Waals surface area contributed by atoms with Crippen molar-refractivity contribution < 1.29 is 19.4 Å². The Morgan fingerprint density at radius 3 is 2.20 bits per heavy atom. The van der Waals surface area contributed by atoms with Crippen LogP contribution in [0.25, 0.3) is 0 Å². The lowest BCUT2D eigenvalue weighted by molar-refractivity contribution is -0.125. The van der Waals surface area contributed by atoms with Crippen LogP contribution in [0.5, 0.6) is 0 Å². The predicted octanol–water partition coefficient (Wildman–Crippen LogP) is 2.26. The van der Waals surface area contributed by atoms with Crippen LogP contribution in [0.4, 0.5) is 4.79 Å². The number of aliphatic hydroxyl groups is 1. The summed E-state index contributed by atoms with van der Waals surface area (Å²) in [5.74, 6) is -0.459. The minimum Gasteiger partial charge on any atom is -0.444 e. The van der Waals surface area contributed by atoms with Crippen LogP contribution in [0.15, 0.2) is 30.3 Å². The van der Waals surface area contributed by atoms with E-state index in [0.717, 1.165) is 5.56 Å². The number of carbonyl (C=O) groups is 2. The largest absolute Gasteiger partial charge is 0.444 e. The second kappa shape index (κ2) is 9.42.